The van der Waals surface area contributed by atoms with E-state index < -0.39 is 0 Å². The molecule has 0 aromatic heterocycles. The molecule has 19 heavy (non-hydrogen) atoms. The van der Waals surface area contributed by atoms with Crippen molar-refractivity contribution in [3.8, 4) is 11.5 Å². The molecule has 0 saturated carbocycles. The third kappa shape index (κ3) is 6.30. The SMILES string of the molecule is COc1cccc(Br)c1OCCCCNC(C)(C)C. The molecule has 0 heterocycles. The molecule has 1 N–H and O–H groups in total. The Hall–Kier alpha value is -0.740. The fraction of sp³-hybridized carbons (Fsp3) is 0.600. The van der Waals surface area contributed by atoms with Gasteiger partial charge in [-0.2, -0.15) is 0 Å². The van der Waals surface area contributed by atoms with Crippen molar-refractivity contribution in [1.29, 1.82) is 0 Å². The lowest BCUT2D eigenvalue weighted by Gasteiger charge is -2.20. The molecular weight excluding hydrogens is 306 g/mol. The first kappa shape index (κ1) is 16.3. The van der Waals surface area contributed by atoms with Crippen LogP contribution in [0.4, 0.5) is 0 Å². The summed E-state index contributed by atoms with van der Waals surface area (Å²) in [5.74, 6) is 1.55. The van der Waals surface area contributed by atoms with E-state index in [4.69, 9.17) is 9.47 Å². The summed E-state index contributed by atoms with van der Waals surface area (Å²) >= 11 is 3.48. The maximum atomic E-state index is 5.79. The Balaban J connectivity index is 2.30. The summed E-state index contributed by atoms with van der Waals surface area (Å²) in [7, 11) is 1.65. The third-order valence-corrected chi connectivity index (χ3v) is 3.25. The quantitative estimate of drug-likeness (QED) is 0.767. The molecule has 0 saturated heterocycles. The monoisotopic (exact) mass is 329 g/mol. The van der Waals surface area contributed by atoms with Crippen molar-refractivity contribution in [2.45, 2.75) is 39.2 Å². The number of unbranched alkanes of at least 4 members (excludes halogenated alkanes) is 1. The molecule has 0 bridgehead atoms. The van der Waals surface area contributed by atoms with Crippen LogP contribution in [0.25, 0.3) is 0 Å². The van der Waals surface area contributed by atoms with Gasteiger partial charge in [-0.25, -0.2) is 0 Å². The fourth-order valence-corrected chi connectivity index (χ4v) is 2.12. The summed E-state index contributed by atoms with van der Waals surface area (Å²) in [5.41, 5.74) is 0.187. The second-order valence-electron chi connectivity index (χ2n) is 5.50. The molecule has 1 rings (SSSR count). The minimum absolute atomic E-state index is 0.187. The van der Waals surface area contributed by atoms with E-state index >= 15 is 0 Å². The summed E-state index contributed by atoms with van der Waals surface area (Å²) in [6.45, 7) is 8.24. The molecule has 0 aliphatic rings. The molecule has 0 fully saturated rings. The van der Waals surface area contributed by atoms with Gasteiger partial charge in [0.15, 0.2) is 11.5 Å². The fourth-order valence-electron chi connectivity index (χ4n) is 1.65. The van der Waals surface area contributed by atoms with Crippen LogP contribution in [0.2, 0.25) is 0 Å². The second kappa shape index (κ2) is 7.75. The summed E-state index contributed by atoms with van der Waals surface area (Å²) in [4.78, 5) is 0. The highest BCUT2D eigenvalue weighted by atomic mass is 79.9. The Bertz CT molecular complexity index is 388. The Morgan fingerprint density at radius 3 is 2.58 bits per heavy atom. The molecule has 4 heteroatoms. The molecule has 0 amide bonds. The molecule has 1 aromatic carbocycles. The standard InChI is InChI=1S/C15H24BrNO2/c1-15(2,3)17-10-5-6-11-19-14-12(16)8-7-9-13(14)18-4/h7-9,17H,5-6,10-11H2,1-4H3. The lowest BCUT2D eigenvalue weighted by Crippen LogP contribution is -2.36. The van der Waals surface area contributed by atoms with Gasteiger partial charge in [0.2, 0.25) is 0 Å². The first-order valence-electron chi connectivity index (χ1n) is 6.64. The van der Waals surface area contributed by atoms with Crippen LogP contribution in [-0.2, 0) is 0 Å². The number of benzene rings is 1. The Morgan fingerprint density at radius 2 is 1.95 bits per heavy atom. The van der Waals surface area contributed by atoms with Gasteiger partial charge in [0.25, 0.3) is 0 Å². The smallest absolute Gasteiger partial charge is 0.175 e. The van der Waals surface area contributed by atoms with Gasteiger partial charge in [0.05, 0.1) is 18.2 Å². The van der Waals surface area contributed by atoms with E-state index in [0.717, 1.165) is 35.4 Å². The van der Waals surface area contributed by atoms with Crippen LogP contribution >= 0.6 is 15.9 Å². The van der Waals surface area contributed by atoms with Crippen molar-refractivity contribution >= 4 is 15.9 Å². The van der Waals surface area contributed by atoms with Crippen LogP contribution < -0.4 is 14.8 Å². The average molecular weight is 330 g/mol. The lowest BCUT2D eigenvalue weighted by molar-refractivity contribution is 0.281. The zero-order valence-electron chi connectivity index (χ0n) is 12.3. The van der Waals surface area contributed by atoms with E-state index in [1.807, 2.05) is 18.2 Å². The van der Waals surface area contributed by atoms with Gasteiger partial charge in [-0.15, -0.1) is 0 Å². The van der Waals surface area contributed by atoms with Crippen molar-refractivity contribution < 1.29 is 9.47 Å². The van der Waals surface area contributed by atoms with Gasteiger partial charge < -0.3 is 14.8 Å². The predicted octanol–water partition coefficient (Wildman–Crippen LogP) is 4.00. The molecule has 0 aliphatic heterocycles. The Morgan fingerprint density at radius 1 is 1.21 bits per heavy atom. The lowest BCUT2D eigenvalue weighted by atomic mass is 10.1. The van der Waals surface area contributed by atoms with E-state index in [2.05, 4.69) is 42.0 Å². The van der Waals surface area contributed by atoms with E-state index in [1.54, 1.807) is 7.11 Å². The van der Waals surface area contributed by atoms with Gasteiger partial charge in [-0.1, -0.05) is 6.07 Å². The number of ether oxygens (including phenoxy) is 2. The maximum Gasteiger partial charge on any atom is 0.175 e. The van der Waals surface area contributed by atoms with Gasteiger partial charge in [-0.05, 0) is 68.2 Å². The number of nitrogens with one attached hydrogen (secondary N) is 1. The van der Waals surface area contributed by atoms with E-state index in [0.29, 0.717) is 6.61 Å². The van der Waals surface area contributed by atoms with Gasteiger partial charge in [0, 0.05) is 5.54 Å². The normalized spacial score (nSPS) is 11.4. The largest absolute Gasteiger partial charge is 0.493 e. The first-order chi connectivity index (χ1) is 8.94. The first-order valence-corrected chi connectivity index (χ1v) is 7.43. The van der Waals surface area contributed by atoms with Crippen molar-refractivity contribution in [2.75, 3.05) is 20.3 Å². The highest BCUT2D eigenvalue weighted by molar-refractivity contribution is 9.10. The molecule has 0 spiro atoms. The second-order valence-corrected chi connectivity index (χ2v) is 6.36. The van der Waals surface area contributed by atoms with E-state index in [1.165, 1.54) is 0 Å². The summed E-state index contributed by atoms with van der Waals surface area (Å²) < 4.78 is 12.0. The average Bonchev–Trinajstić information content (AvgIpc) is 2.33. The number of rotatable bonds is 7. The van der Waals surface area contributed by atoms with Gasteiger partial charge >= 0.3 is 0 Å². The molecule has 0 atom stereocenters. The van der Waals surface area contributed by atoms with Crippen LogP contribution in [0.5, 0.6) is 11.5 Å². The van der Waals surface area contributed by atoms with Crippen LogP contribution in [0.1, 0.15) is 33.6 Å². The summed E-state index contributed by atoms with van der Waals surface area (Å²) in [5, 5.41) is 3.46. The van der Waals surface area contributed by atoms with Crippen molar-refractivity contribution in [3.63, 3.8) is 0 Å². The van der Waals surface area contributed by atoms with Crippen molar-refractivity contribution in [3.05, 3.63) is 22.7 Å². The number of hydrogen-bond donors (Lipinski definition) is 1. The summed E-state index contributed by atoms with van der Waals surface area (Å²) in [6, 6.07) is 5.79. The zero-order chi connectivity index (χ0) is 14.3. The zero-order valence-corrected chi connectivity index (χ0v) is 13.8. The highest BCUT2D eigenvalue weighted by Gasteiger charge is 2.09. The Labute approximate surface area is 124 Å². The topological polar surface area (TPSA) is 30.5 Å². The molecule has 3 nitrogen and oxygen atoms in total. The molecule has 108 valence electrons. The minimum atomic E-state index is 0.187. The maximum absolute atomic E-state index is 5.79. The number of hydrogen-bond acceptors (Lipinski definition) is 3. The number of para-hydroxylation sites is 1. The Kier molecular flexibility index (Phi) is 6.66. The number of halogens is 1. The van der Waals surface area contributed by atoms with Crippen LogP contribution in [-0.4, -0.2) is 25.8 Å². The highest BCUT2D eigenvalue weighted by Crippen LogP contribution is 2.34. The molecule has 0 unspecified atom stereocenters. The molecular formula is C15H24BrNO2. The van der Waals surface area contributed by atoms with Crippen molar-refractivity contribution in [2.24, 2.45) is 0 Å². The van der Waals surface area contributed by atoms with Gasteiger partial charge in [0.1, 0.15) is 0 Å². The number of methoxy groups -OCH3 is 1. The van der Waals surface area contributed by atoms with Gasteiger partial charge in [-0.3, -0.25) is 0 Å². The van der Waals surface area contributed by atoms with E-state index in [-0.39, 0.29) is 5.54 Å². The van der Waals surface area contributed by atoms with Crippen LogP contribution in [0.15, 0.2) is 22.7 Å². The van der Waals surface area contributed by atoms with E-state index in [9.17, 15) is 0 Å². The molecule has 0 aliphatic carbocycles. The predicted molar refractivity (Wildman–Crippen MR) is 83.2 cm³/mol. The third-order valence-electron chi connectivity index (χ3n) is 2.62. The summed E-state index contributed by atoms with van der Waals surface area (Å²) in [6.07, 6.45) is 2.12. The van der Waals surface area contributed by atoms with Crippen LogP contribution in [0, 0.1) is 0 Å². The minimum Gasteiger partial charge on any atom is -0.493 e. The van der Waals surface area contributed by atoms with Crippen molar-refractivity contribution in [1.82, 2.24) is 5.32 Å². The molecule has 0 radical (unpaired) electrons. The van der Waals surface area contributed by atoms with Crippen LogP contribution in [0.3, 0.4) is 0 Å². The molecule has 1 aromatic rings.